The maximum atomic E-state index is 12.6. The zero-order valence-electron chi connectivity index (χ0n) is 16.3. The van der Waals surface area contributed by atoms with Crippen LogP contribution in [0.4, 0.5) is 17.1 Å². The van der Waals surface area contributed by atoms with Crippen molar-refractivity contribution in [1.82, 2.24) is 5.32 Å². The summed E-state index contributed by atoms with van der Waals surface area (Å²) in [6.07, 6.45) is 5.02. The van der Waals surface area contributed by atoms with Crippen molar-refractivity contribution >= 4 is 40.5 Å². The van der Waals surface area contributed by atoms with Gasteiger partial charge in [0.25, 0.3) is 23.2 Å². The lowest BCUT2D eigenvalue weighted by atomic mass is 9.95. The van der Waals surface area contributed by atoms with Crippen molar-refractivity contribution in [1.29, 1.82) is 0 Å². The van der Waals surface area contributed by atoms with Gasteiger partial charge in [-0.25, -0.2) is 0 Å². The third-order valence-corrected chi connectivity index (χ3v) is 5.33. The molecule has 1 fully saturated rings. The molecule has 11 heteroatoms. The van der Waals surface area contributed by atoms with E-state index in [1.807, 2.05) is 0 Å². The molecule has 0 unspecified atom stereocenters. The van der Waals surface area contributed by atoms with Crippen LogP contribution >= 0.6 is 11.6 Å². The minimum atomic E-state index is -0.820. The highest BCUT2D eigenvalue weighted by Gasteiger charge is 2.21. The number of hydrogen-bond donors (Lipinski definition) is 2. The Hall–Kier alpha value is -3.53. The monoisotopic (exact) mass is 446 g/mol. The molecule has 0 aliphatic heterocycles. The Morgan fingerprint density at radius 2 is 1.52 bits per heavy atom. The first-order chi connectivity index (χ1) is 14.7. The Morgan fingerprint density at radius 3 is 2.10 bits per heavy atom. The number of non-ortho nitro benzene ring substituents is 2. The molecule has 0 aromatic heterocycles. The molecule has 162 valence electrons. The minimum Gasteiger partial charge on any atom is -0.349 e. The van der Waals surface area contributed by atoms with E-state index in [1.165, 1.54) is 18.2 Å². The summed E-state index contributed by atoms with van der Waals surface area (Å²) >= 11 is 6.15. The lowest BCUT2D eigenvalue weighted by Gasteiger charge is -2.23. The molecule has 1 saturated carbocycles. The topological polar surface area (TPSA) is 144 Å². The number of nitro benzene ring substituents is 2. The van der Waals surface area contributed by atoms with Crippen LogP contribution in [0.3, 0.4) is 0 Å². The fourth-order valence-corrected chi connectivity index (χ4v) is 3.63. The zero-order valence-corrected chi connectivity index (χ0v) is 17.1. The summed E-state index contributed by atoms with van der Waals surface area (Å²) < 4.78 is 0. The van der Waals surface area contributed by atoms with Gasteiger partial charge < -0.3 is 10.6 Å². The van der Waals surface area contributed by atoms with Crippen LogP contribution in [0.25, 0.3) is 0 Å². The predicted molar refractivity (Wildman–Crippen MR) is 113 cm³/mol. The van der Waals surface area contributed by atoms with Crippen molar-refractivity contribution in [3.63, 3.8) is 0 Å². The van der Waals surface area contributed by atoms with E-state index in [0.29, 0.717) is 0 Å². The number of amides is 2. The first-order valence-electron chi connectivity index (χ1n) is 9.60. The number of carbonyl (C=O) groups excluding carboxylic acids is 2. The maximum absolute atomic E-state index is 12.6. The third-order valence-electron chi connectivity index (χ3n) is 5.00. The Kier molecular flexibility index (Phi) is 6.81. The van der Waals surface area contributed by atoms with Crippen molar-refractivity contribution in [3.05, 3.63) is 72.8 Å². The van der Waals surface area contributed by atoms with Gasteiger partial charge in [-0.05, 0) is 31.0 Å². The smallest absolute Gasteiger partial charge is 0.277 e. The summed E-state index contributed by atoms with van der Waals surface area (Å²) in [6, 6.07) is 7.02. The first kappa shape index (κ1) is 22.2. The van der Waals surface area contributed by atoms with Gasteiger partial charge in [0.15, 0.2) is 0 Å². The van der Waals surface area contributed by atoms with Gasteiger partial charge in [-0.1, -0.05) is 30.9 Å². The molecular formula is C20H19ClN4O6. The van der Waals surface area contributed by atoms with Crippen LogP contribution in [0.2, 0.25) is 5.02 Å². The van der Waals surface area contributed by atoms with Crippen LogP contribution in [0.5, 0.6) is 0 Å². The second kappa shape index (κ2) is 9.52. The summed E-state index contributed by atoms with van der Waals surface area (Å²) in [4.78, 5) is 45.6. The van der Waals surface area contributed by atoms with Crippen LogP contribution in [0.1, 0.15) is 52.8 Å². The van der Waals surface area contributed by atoms with Gasteiger partial charge in [-0.15, -0.1) is 0 Å². The van der Waals surface area contributed by atoms with E-state index in [1.54, 1.807) is 0 Å². The number of rotatable bonds is 6. The molecule has 1 aliphatic rings. The number of nitro groups is 2. The molecule has 0 saturated heterocycles. The number of anilines is 1. The molecule has 0 radical (unpaired) electrons. The molecule has 2 N–H and O–H groups in total. The van der Waals surface area contributed by atoms with E-state index in [9.17, 15) is 29.8 Å². The molecule has 2 amide bonds. The van der Waals surface area contributed by atoms with Crippen LogP contribution in [-0.2, 0) is 0 Å². The summed E-state index contributed by atoms with van der Waals surface area (Å²) in [7, 11) is 0. The number of nitrogens with one attached hydrogen (secondary N) is 2. The number of nitrogens with zero attached hydrogens (tertiary/aromatic N) is 2. The minimum absolute atomic E-state index is 0.0704. The average Bonchev–Trinajstić information content (AvgIpc) is 2.75. The highest BCUT2D eigenvalue weighted by Crippen LogP contribution is 2.25. The van der Waals surface area contributed by atoms with Crippen LogP contribution < -0.4 is 10.6 Å². The van der Waals surface area contributed by atoms with Crippen LogP contribution in [0, 0.1) is 20.2 Å². The van der Waals surface area contributed by atoms with Crippen molar-refractivity contribution in [3.8, 4) is 0 Å². The van der Waals surface area contributed by atoms with Gasteiger partial charge in [0.2, 0.25) is 0 Å². The molecule has 0 bridgehead atoms. The van der Waals surface area contributed by atoms with E-state index < -0.39 is 27.1 Å². The summed E-state index contributed by atoms with van der Waals surface area (Å²) in [5.74, 6) is -1.16. The second-order valence-electron chi connectivity index (χ2n) is 7.21. The third kappa shape index (κ3) is 5.54. The van der Waals surface area contributed by atoms with E-state index in [2.05, 4.69) is 10.6 Å². The maximum Gasteiger partial charge on any atom is 0.277 e. The summed E-state index contributed by atoms with van der Waals surface area (Å²) in [5.41, 5.74) is -1.03. The fourth-order valence-electron chi connectivity index (χ4n) is 3.43. The van der Waals surface area contributed by atoms with E-state index in [0.717, 1.165) is 50.3 Å². The van der Waals surface area contributed by atoms with Gasteiger partial charge in [-0.2, -0.15) is 0 Å². The normalized spacial score (nSPS) is 14.0. The molecule has 3 rings (SSSR count). The van der Waals surface area contributed by atoms with Crippen molar-refractivity contribution in [2.24, 2.45) is 0 Å². The summed E-state index contributed by atoms with van der Waals surface area (Å²) in [6.45, 7) is 0. The average molecular weight is 447 g/mol. The van der Waals surface area contributed by atoms with E-state index >= 15 is 0 Å². The number of carbonyl (C=O) groups is 2. The lowest BCUT2D eigenvalue weighted by Crippen LogP contribution is -2.36. The predicted octanol–water partition coefficient (Wildman–Crippen LogP) is 4.47. The number of benzene rings is 2. The molecule has 2 aromatic carbocycles. The quantitative estimate of drug-likeness (QED) is 0.494. The van der Waals surface area contributed by atoms with Crippen LogP contribution in [-0.4, -0.2) is 27.7 Å². The van der Waals surface area contributed by atoms with E-state index in [-0.39, 0.29) is 33.8 Å². The molecule has 1 aliphatic carbocycles. The fraction of sp³-hybridized carbons (Fsp3) is 0.300. The number of hydrogen-bond acceptors (Lipinski definition) is 6. The molecule has 2 aromatic rings. The largest absolute Gasteiger partial charge is 0.349 e. The Bertz CT molecular complexity index is 1020. The second-order valence-corrected chi connectivity index (χ2v) is 7.62. The van der Waals surface area contributed by atoms with Crippen LogP contribution in [0.15, 0.2) is 36.4 Å². The molecule has 0 heterocycles. The lowest BCUT2D eigenvalue weighted by molar-refractivity contribution is -0.394. The van der Waals surface area contributed by atoms with Gasteiger partial charge in [0, 0.05) is 23.9 Å². The Morgan fingerprint density at radius 1 is 0.903 bits per heavy atom. The van der Waals surface area contributed by atoms with Gasteiger partial charge >= 0.3 is 0 Å². The highest BCUT2D eigenvalue weighted by molar-refractivity contribution is 6.34. The van der Waals surface area contributed by atoms with Crippen molar-refractivity contribution < 1.29 is 19.4 Å². The van der Waals surface area contributed by atoms with Gasteiger partial charge in [-0.3, -0.25) is 29.8 Å². The SMILES string of the molecule is O=C(Nc1ccc(Cl)c(C(=O)NC2CCCCC2)c1)c1cc([N+](=O)[O-])cc([N+](=O)[O-])c1. The van der Waals surface area contributed by atoms with Gasteiger partial charge in [0.1, 0.15) is 0 Å². The van der Waals surface area contributed by atoms with Gasteiger partial charge in [0.05, 0.1) is 32.1 Å². The molecular weight excluding hydrogens is 428 g/mol. The standard InChI is InChI=1S/C20H19ClN4O6/c21-18-7-6-14(10-17(18)20(27)22-13-4-2-1-3-5-13)23-19(26)12-8-15(24(28)29)11-16(9-12)25(30)31/h6-11,13H,1-5H2,(H,22,27)(H,23,26). The van der Waals surface area contributed by atoms with Crippen molar-refractivity contribution in [2.45, 2.75) is 38.1 Å². The Balaban J connectivity index is 1.80. The zero-order chi connectivity index (χ0) is 22.5. The molecule has 0 atom stereocenters. The molecule has 31 heavy (non-hydrogen) atoms. The number of halogens is 1. The highest BCUT2D eigenvalue weighted by atomic mass is 35.5. The first-order valence-corrected chi connectivity index (χ1v) is 9.98. The Labute approximate surface area is 181 Å². The molecule has 10 nitrogen and oxygen atoms in total. The summed E-state index contributed by atoms with van der Waals surface area (Å²) in [5, 5.41) is 27.7. The molecule has 0 spiro atoms. The van der Waals surface area contributed by atoms with E-state index in [4.69, 9.17) is 11.6 Å². The van der Waals surface area contributed by atoms with Crippen molar-refractivity contribution in [2.75, 3.05) is 5.32 Å².